The van der Waals surface area contributed by atoms with Gasteiger partial charge in [0.05, 0.1) is 6.61 Å². The molecular formula is C12H10FNO2. The van der Waals surface area contributed by atoms with Crippen molar-refractivity contribution in [2.45, 2.75) is 6.61 Å². The summed E-state index contributed by atoms with van der Waals surface area (Å²) in [5.74, 6) is -0.321. The number of pyridine rings is 1. The summed E-state index contributed by atoms with van der Waals surface area (Å²) in [6.45, 7) is -0.293. The smallest absolute Gasteiger partial charge is 0.253 e. The number of aliphatic hydroxyl groups excluding tert-OH is 1. The normalized spacial score (nSPS) is 10.4. The van der Waals surface area contributed by atoms with Crippen LogP contribution in [0, 0.1) is 5.82 Å². The van der Waals surface area contributed by atoms with E-state index in [0.29, 0.717) is 11.3 Å². The molecule has 2 aromatic rings. The largest absolute Gasteiger partial charge is 0.391 e. The second-order valence-electron chi connectivity index (χ2n) is 3.39. The van der Waals surface area contributed by atoms with Crippen LogP contribution in [0.15, 0.2) is 41.2 Å². The number of aliphatic hydroxyl groups is 1. The molecular weight excluding hydrogens is 209 g/mol. The summed E-state index contributed by atoms with van der Waals surface area (Å²) in [5.41, 5.74) is 1.31. The van der Waals surface area contributed by atoms with Gasteiger partial charge in [0.15, 0.2) is 0 Å². The fourth-order valence-electron chi connectivity index (χ4n) is 1.43. The number of aromatic nitrogens is 1. The molecule has 1 aromatic carbocycles. The average Bonchev–Trinajstić information content (AvgIpc) is 2.30. The third kappa shape index (κ3) is 2.01. The second-order valence-corrected chi connectivity index (χ2v) is 3.39. The Hall–Kier alpha value is -1.94. The molecule has 0 fully saturated rings. The number of benzene rings is 1. The maximum atomic E-state index is 12.7. The van der Waals surface area contributed by atoms with Crippen LogP contribution in [0.2, 0.25) is 0 Å². The number of hydrogen-bond acceptors (Lipinski definition) is 2. The van der Waals surface area contributed by atoms with Crippen LogP contribution in [-0.2, 0) is 6.61 Å². The quantitative estimate of drug-likeness (QED) is 0.807. The van der Waals surface area contributed by atoms with E-state index >= 15 is 0 Å². The Bertz CT molecular complexity index is 546. The average molecular weight is 219 g/mol. The van der Waals surface area contributed by atoms with E-state index in [-0.39, 0.29) is 18.0 Å². The predicted molar refractivity (Wildman–Crippen MR) is 58.4 cm³/mol. The van der Waals surface area contributed by atoms with Crippen LogP contribution in [0.1, 0.15) is 5.56 Å². The molecule has 0 aliphatic carbocycles. The Kier molecular flexibility index (Phi) is 2.83. The van der Waals surface area contributed by atoms with Crippen LogP contribution in [0.25, 0.3) is 11.3 Å². The van der Waals surface area contributed by atoms with Gasteiger partial charge < -0.3 is 10.1 Å². The highest BCUT2D eigenvalue weighted by atomic mass is 19.1. The maximum absolute atomic E-state index is 12.7. The highest BCUT2D eigenvalue weighted by Crippen LogP contribution is 2.15. The minimum atomic E-state index is -0.329. The van der Waals surface area contributed by atoms with Crippen LogP contribution < -0.4 is 5.56 Å². The molecule has 1 aromatic heterocycles. The molecule has 2 N–H and O–H groups in total. The van der Waals surface area contributed by atoms with Crippen molar-refractivity contribution in [1.82, 2.24) is 4.98 Å². The first-order valence-electron chi connectivity index (χ1n) is 4.79. The Morgan fingerprint density at radius 3 is 2.38 bits per heavy atom. The first-order valence-corrected chi connectivity index (χ1v) is 4.79. The zero-order chi connectivity index (χ0) is 11.5. The van der Waals surface area contributed by atoms with E-state index in [4.69, 9.17) is 5.11 Å². The predicted octanol–water partition coefficient (Wildman–Crippen LogP) is 1.67. The summed E-state index contributed by atoms with van der Waals surface area (Å²) in [6.07, 6.45) is 0. The van der Waals surface area contributed by atoms with Crippen molar-refractivity contribution in [1.29, 1.82) is 0 Å². The Balaban J connectivity index is 2.45. The molecule has 0 aliphatic rings. The monoisotopic (exact) mass is 219 g/mol. The van der Waals surface area contributed by atoms with Crippen molar-refractivity contribution < 1.29 is 9.50 Å². The molecule has 3 nitrogen and oxygen atoms in total. The lowest BCUT2D eigenvalue weighted by Gasteiger charge is -2.02. The minimum absolute atomic E-state index is 0.293. The van der Waals surface area contributed by atoms with Crippen LogP contribution in [0.4, 0.5) is 4.39 Å². The van der Waals surface area contributed by atoms with Gasteiger partial charge in [-0.1, -0.05) is 0 Å². The Labute approximate surface area is 91.2 Å². The lowest BCUT2D eigenvalue weighted by molar-refractivity contribution is 0.280. The van der Waals surface area contributed by atoms with Gasteiger partial charge in [0, 0.05) is 11.3 Å². The lowest BCUT2D eigenvalue weighted by atomic mass is 10.1. The number of hydrogen-bond donors (Lipinski definition) is 2. The van der Waals surface area contributed by atoms with Gasteiger partial charge in [-0.05, 0) is 42.0 Å². The van der Waals surface area contributed by atoms with Crippen molar-refractivity contribution in [3.8, 4) is 11.3 Å². The molecule has 0 atom stereocenters. The van der Waals surface area contributed by atoms with E-state index in [0.717, 1.165) is 5.56 Å². The van der Waals surface area contributed by atoms with Crippen molar-refractivity contribution in [3.05, 3.63) is 58.1 Å². The van der Waals surface area contributed by atoms with Gasteiger partial charge in [0.25, 0.3) is 5.56 Å². The molecule has 0 saturated carbocycles. The van der Waals surface area contributed by atoms with Gasteiger partial charge in [-0.15, -0.1) is 0 Å². The second kappa shape index (κ2) is 4.28. The van der Waals surface area contributed by atoms with E-state index in [1.165, 1.54) is 12.1 Å². The third-order valence-electron chi connectivity index (χ3n) is 2.32. The third-order valence-corrected chi connectivity index (χ3v) is 2.32. The number of aromatic amines is 1. The summed E-state index contributed by atoms with van der Waals surface area (Å²) in [6, 6.07) is 9.05. The number of rotatable bonds is 2. The van der Waals surface area contributed by atoms with Gasteiger partial charge in [-0.3, -0.25) is 4.79 Å². The Morgan fingerprint density at radius 1 is 1.12 bits per heavy atom. The molecule has 82 valence electrons. The molecule has 16 heavy (non-hydrogen) atoms. The van der Waals surface area contributed by atoms with Crippen molar-refractivity contribution >= 4 is 0 Å². The number of H-pyrrole nitrogens is 1. The highest BCUT2D eigenvalue weighted by molar-refractivity contribution is 5.58. The van der Waals surface area contributed by atoms with E-state index in [1.807, 2.05) is 0 Å². The van der Waals surface area contributed by atoms with Crippen molar-refractivity contribution in [2.24, 2.45) is 0 Å². The van der Waals surface area contributed by atoms with Gasteiger partial charge >= 0.3 is 0 Å². The van der Waals surface area contributed by atoms with Gasteiger partial charge in [-0.25, -0.2) is 4.39 Å². The van der Waals surface area contributed by atoms with Gasteiger partial charge in [0.1, 0.15) is 5.82 Å². The molecule has 4 heteroatoms. The molecule has 0 radical (unpaired) electrons. The fraction of sp³-hybridized carbons (Fsp3) is 0.0833. The molecule has 0 spiro atoms. The molecule has 0 aliphatic heterocycles. The van der Waals surface area contributed by atoms with E-state index in [2.05, 4.69) is 4.98 Å². The standard InChI is InChI=1S/C12H10FNO2/c13-10-4-1-8(2-5-10)11-6-3-9(7-15)12(16)14-11/h1-6,15H,7H2,(H,14,16). The van der Waals surface area contributed by atoms with Gasteiger partial charge in [-0.2, -0.15) is 0 Å². The number of nitrogens with one attached hydrogen (secondary N) is 1. The summed E-state index contributed by atoms with van der Waals surface area (Å²) in [7, 11) is 0. The number of halogens is 1. The lowest BCUT2D eigenvalue weighted by Crippen LogP contribution is -2.12. The summed E-state index contributed by atoms with van der Waals surface area (Å²) in [5, 5.41) is 8.85. The molecule has 0 bridgehead atoms. The summed E-state index contributed by atoms with van der Waals surface area (Å²) >= 11 is 0. The first kappa shape index (κ1) is 10.6. The van der Waals surface area contributed by atoms with E-state index in [1.54, 1.807) is 24.3 Å². The van der Waals surface area contributed by atoms with E-state index < -0.39 is 0 Å². The molecule has 0 unspecified atom stereocenters. The minimum Gasteiger partial charge on any atom is -0.391 e. The maximum Gasteiger partial charge on any atom is 0.253 e. The molecule has 0 saturated heterocycles. The van der Waals surface area contributed by atoms with Crippen LogP contribution in [0.5, 0.6) is 0 Å². The SMILES string of the molecule is O=c1[nH]c(-c2ccc(F)cc2)ccc1CO. The van der Waals surface area contributed by atoms with Crippen molar-refractivity contribution in [2.75, 3.05) is 0 Å². The van der Waals surface area contributed by atoms with Crippen LogP contribution in [-0.4, -0.2) is 10.1 Å². The molecule has 2 rings (SSSR count). The van der Waals surface area contributed by atoms with Crippen LogP contribution in [0.3, 0.4) is 0 Å². The topological polar surface area (TPSA) is 53.1 Å². The fourth-order valence-corrected chi connectivity index (χ4v) is 1.43. The van der Waals surface area contributed by atoms with Crippen molar-refractivity contribution in [3.63, 3.8) is 0 Å². The first-order chi connectivity index (χ1) is 7.70. The summed E-state index contributed by atoms with van der Waals surface area (Å²) < 4.78 is 12.7. The molecule has 1 heterocycles. The molecule has 0 amide bonds. The highest BCUT2D eigenvalue weighted by Gasteiger charge is 2.02. The van der Waals surface area contributed by atoms with Crippen LogP contribution >= 0.6 is 0 Å². The van der Waals surface area contributed by atoms with Gasteiger partial charge in [0.2, 0.25) is 0 Å². The zero-order valence-electron chi connectivity index (χ0n) is 8.40. The van der Waals surface area contributed by atoms with E-state index in [9.17, 15) is 9.18 Å². The summed E-state index contributed by atoms with van der Waals surface area (Å²) in [4.78, 5) is 14.0. The Morgan fingerprint density at radius 2 is 1.81 bits per heavy atom. The zero-order valence-corrected chi connectivity index (χ0v) is 8.40.